The molecule has 3 saturated heterocycles. The summed E-state index contributed by atoms with van der Waals surface area (Å²) in [5.74, 6) is 1.84. The molecule has 2 unspecified atom stereocenters. The third kappa shape index (κ3) is 5.42. The second-order valence-electron chi connectivity index (χ2n) is 8.27. The predicted molar refractivity (Wildman–Crippen MR) is 97.9 cm³/mol. The van der Waals surface area contributed by atoms with Crippen LogP contribution in [0.2, 0.25) is 0 Å². The van der Waals surface area contributed by atoms with Crippen molar-refractivity contribution < 1.29 is 0 Å². The van der Waals surface area contributed by atoms with Crippen molar-refractivity contribution in [2.75, 3.05) is 79.0 Å². The lowest BCUT2D eigenvalue weighted by atomic mass is 9.93. The Morgan fingerprint density at radius 2 is 1.26 bits per heavy atom. The van der Waals surface area contributed by atoms with Gasteiger partial charge in [0.2, 0.25) is 0 Å². The minimum atomic E-state index is 0.915. The molecule has 0 aliphatic carbocycles. The van der Waals surface area contributed by atoms with Crippen LogP contribution >= 0.6 is 0 Å². The normalized spacial score (nSPS) is 33.1. The van der Waals surface area contributed by atoms with Gasteiger partial charge in [0, 0.05) is 52.4 Å². The first kappa shape index (κ1) is 17.7. The lowest BCUT2D eigenvalue weighted by molar-refractivity contribution is 0.0789. The van der Waals surface area contributed by atoms with Crippen molar-refractivity contribution in [2.24, 2.45) is 11.8 Å². The van der Waals surface area contributed by atoms with Gasteiger partial charge in [-0.05, 0) is 64.2 Å². The molecule has 3 fully saturated rings. The van der Waals surface area contributed by atoms with Gasteiger partial charge in [0.1, 0.15) is 0 Å². The molecule has 134 valence electrons. The summed E-state index contributed by atoms with van der Waals surface area (Å²) in [5.41, 5.74) is 0. The molecular weight excluding hydrogens is 284 g/mol. The first-order valence-corrected chi connectivity index (χ1v) is 10.1. The van der Waals surface area contributed by atoms with E-state index in [0.717, 1.165) is 11.8 Å². The molecule has 3 heterocycles. The number of likely N-dealkylation sites (tertiary alicyclic amines) is 2. The summed E-state index contributed by atoms with van der Waals surface area (Å²) in [5, 5.41) is 0. The predicted octanol–water partition coefficient (Wildman–Crippen LogP) is 1.68. The first-order valence-electron chi connectivity index (χ1n) is 10.1. The minimum absolute atomic E-state index is 0.915. The van der Waals surface area contributed by atoms with Gasteiger partial charge in [0.25, 0.3) is 0 Å². The number of rotatable bonds is 5. The smallest absolute Gasteiger partial charge is 0.0110 e. The highest BCUT2D eigenvalue weighted by Crippen LogP contribution is 2.22. The molecule has 23 heavy (non-hydrogen) atoms. The Morgan fingerprint density at radius 1 is 0.696 bits per heavy atom. The van der Waals surface area contributed by atoms with Gasteiger partial charge in [-0.1, -0.05) is 6.92 Å². The van der Waals surface area contributed by atoms with Crippen molar-refractivity contribution >= 4 is 0 Å². The largest absolute Gasteiger partial charge is 0.304 e. The van der Waals surface area contributed by atoms with Crippen LogP contribution in [0.25, 0.3) is 0 Å². The Morgan fingerprint density at radius 3 is 1.91 bits per heavy atom. The Labute approximate surface area is 143 Å². The molecule has 0 N–H and O–H groups in total. The van der Waals surface area contributed by atoms with Crippen molar-refractivity contribution in [3.05, 3.63) is 0 Å². The fourth-order valence-electron chi connectivity index (χ4n) is 4.81. The molecule has 0 amide bonds. The van der Waals surface area contributed by atoms with Crippen molar-refractivity contribution in [1.82, 2.24) is 19.6 Å². The maximum Gasteiger partial charge on any atom is 0.0110 e. The van der Waals surface area contributed by atoms with Crippen LogP contribution in [0.3, 0.4) is 0 Å². The topological polar surface area (TPSA) is 13.0 Å². The highest BCUT2D eigenvalue weighted by atomic mass is 15.3. The molecule has 0 aromatic rings. The van der Waals surface area contributed by atoms with E-state index in [9.17, 15) is 0 Å². The summed E-state index contributed by atoms with van der Waals surface area (Å²) in [7, 11) is 2.25. The molecule has 0 saturated carbocycles. The zero-order valence-electron chi connectivity index (χ0n) is 15.6. The monoisotopic (exact) mass is 322 g/mol. The van der Waals surface area contributed by atoms with Crippen LogP contribution in [0.1, 0.15) is 32.6 Å². The summed E-state index contributed by atoms with van der Waals surface area (Å²) < 4.78 is 0. The van der Waals surface area contributed by atoms with E-state index in [2.05, 4.69) is 33.6 Å². The van der Waals surface area contributed by atoms with Crippen LogP contribution in [0.4, 0.5) is 0 Å². The molecule has 2 atom stereocenters. The average Bonchev–Trinajstić information content (AvgIpc) is 2.57. The number of piperidine rings is 2. The standard InChI is InChI=1S/C19H38N4/c1-3-21-8-4-6-18(14-21)16-23-9-5-7-19(17-23)15-22-12-10-20(2)11-13-22/h18-19H,3-17H2,1-2H3. The van der Waals surface area contributed by atoms with E-state index in [1.807, 2.05) is 0 Å². The number of likely N-dealkylation sites (N-methyl/N-ethyl adjacent to an activating group) is 1. The number of hydrogen-bond acceptors (Lipinski definition) is 4. The lowest BCUT2D eigenvalue weighted by Crippen LogP contribution is -2.49. The van der Waals surface area contributed by atoms with Gasteiger partial charge >= 0.3 is 0 Å². The molecule has 0 radical (unpaired) electrons. The van der Waals surface area contributed by atoms with Crippen molar-refractivity contribution in [3.8, 4) is 0 Å². The van der Waals surface area contributed by atoms with Gasteiger partial charge in [-0.15, -0.1) is 0 Å². The average molecular weight is 323 g/mol. The molecule has 3 aliphatic rings. The van der Waals surface area contributed by atoms with E-state index < -0.39 is 0 Å². The van der Waals surface area contributed by atoms with Gasteiger partial charge in [-0.3, -0.25) is 0 Å². The van der Waals surface area contributed by atoms with Crippen LogP contribution < -0.4 is 0 Å². The minimum Gasteiger partial charge on any atom is -0.304 e. The third-order valence-corrected chi connectivity index (χ3v) is 6.28. The van der Waals surface area contributed by atoms with Gasteiger partial charge in [-0.2, -0.15) is 0 Å². The third-order valence-electron chi connectivity index (χ3n) is 6.28. The summed E-state index contributed by atoms with van der Waals surface area (Å²) in [6.45, 7) is 16.7. The molecule has 4 heteroatoms. The van der Waals surface area contributed by atoms with Crippen LogP contribution in [-0.4, -0.2) is 98.6 Å². The molecule has 0 bridgehead atoms. The summed E-state index contributed by atoms with van der Waals surface area (Å²) >= 11 is 0. The van der Waals surface area contributed by atoms with E-state index in [-0.39, 0.29) is 0 Å². The SMILES string of the molecule is CCN1CCCC(CN2CCCC(CN3CCN(C)CC3)C2)C1. The van der Waals surface area contributed by atoms with Gasteiger partial charge < -0.3 is 19.6 Å². The summed E-state index contributed by atoms with van der Waals surface area (Å²) in [6.07, 6.45) is 5.74. The number of piperazine rings is 1. The molecule has 3 aliphatic heterocycles. The van der Waals surface area contributed by atoms with Crippen molar-refractivity contribution in [2.45, 2.75) is 32.6 Å². The lowest BCUT2D eigenvalue weighted by Gasteiger charge is -2.40. The van der Waals surface area contributed by atoms with E-state index in [4.69, 9.17) is 0 Å². The zero-order valence-corrected chi connectivity index (χ0v) is 15.6. The van der Waals surface area contributed by atoms with E-state index in [0.29, 0.717) is 0 Å². The number of nitrogens with zero attached hydrogens (tertiary/aromatic N) is 4. The fraction of sp³-hybridized carbons (Fsp3) is 1.00. The molecule has 3 rings (SSSR count). The van der Waals surface area contributed by atoms with Gasteiger partial charge in [-0.25, -0.2) is 0 Å². The molecule has 0 aromatic heterocycles. The fourth-order valence-corrected chi connectivity index (χ4v) is 4.81. The summed E-state index contributed by atoms with van der Waals surface area (Å²) in [4.78, 5) is 10.6. The second kappa shape index (κ2) is 8.80. The van der Waals surface area contributed by atoms with E-state index in [1.165, 1.54) is 97.7 Å². The maximum absolute atomic E-state index is 2.80. The van der Waals surface area contributed by atoms with Crippen molar-refractivity contribution in [3.63, 3.8) is 0 Å². The number of hydrogen-bond donors (Lipinski definition) is 0. The van der Waals surface area contributed by atoms with Gasteiger partial charge in [0.15, 0.2) is 0 Å². The maximum atomic E-state index is 2.80. The van der Waals surface area contributed by atoms with Crippen LogP contribution in [0.15, 0.2) is 0 Å². The quantitative estimate of drug-likeness (QED) is 0.763. The Kier molecular flexibility index (Phi) is 6.75. The molecule has 4 nitrogen and oxygen atoms in total. The van der Waals surface area contributed by atoms with Gasteiger partial charge in [0.05, 0.1) is 0 Å². The molecule has 0 spiro atoms. The summed E-state index contributed by atoms with van der Waals surface area (Å²) in [6, 6.07) is 0. The Bertz CT molecular complexity index is 340. The highest BCUT2D eigenvalue weighted by molar-refractivity contribution is 4.81. The zero-order chi connectivity index (χ0) is 16.1. The van der Waals surface area contributed by atoms with Crippen LogP contribution in [0, 0.1) is 11.8 Å². The first-order chi connectivity index (χ1) is 11.2. The van der Waals surface area contributed by atoms with Crippen LogP contribution in [-0.2, 0) is 0 Å². The van der Waals surface area contributed by atoms with E-state index >= 15 is 0 Å². The highest BCUT2D eigenvalue weighted by Gasteiger charge is 2.26. The molecule has 0 aromatic carbocycles. The Balaban J connectivity index is 1.41. The van der Waals surface area contributed by atoms with Crippen LogP contribution in [0.5, 0.6) is 0 Å². The Hall–Kier alpha value is -0.160. The second-order valence-corrected chi connectivity index (χ2v) is 8.27. The van der Waals surface area contributed by atoms with Crippen molar-refractivity contribution in [1.29, 1.82) is 0 Å². The van der Waals surface area contributed by atoms with E-state index in [1.54, 1.807) is 0 Å². The molecular formula is C19H38N4.